The van der Waals surface area contributed by atoms with Crippen LogP contribution in [0.15, 0.2) is 84.8 Å². The van der Waals surface area contributed by atoms with E-state index in [1.807, 2.05) is 0 Å². The first-order valence-corrected chi connectivity index (χ1v) is 16.2. The summed E-state index contributed by atoms with van der Waals surface area (Å²) < 4.78 is 80.2. The molecule has 0 aliphatic heterocycles. The van der Waals surface area contributed by atoms with Crippen LogP contribution < -0.4 is 5.30 Å². The number of hydrogen-bond donors (Lipinski definition) is 7. The van der Waals surface area contributed by atoms with Crippen molar-refractivity contribution in [3.8, 4) is 11.5 Å². The predicted octanol–water partition coefficient (Wildman–Crippen LogP) is 4.73. The average Bonchev–Trinajstić information content (AvgIpc) is 2.90. The fraction of sp³-hybridized carbons (Fsp3) is 0. The first-order chi connectivity index (χ1) is 20.3. The topological polar surface area (TPSA) is 293 Å². The molecule has 0 spiro atoms. The van der Waals surface area contributed by atoms with E-state index in [9.17, 15) is 55.3 Å². The summed E-state index contributed by atoms with van der Waals surface area (Å²) in [5.41, 5.74) is -2.71. The summed E-state index contributed by atoms with van der Waals surface area (Å²) in [5, 5.41) is 43.3. The quantitative estimate of drug-likeness (QED) is 0.0750. The molecular weight excluding hydrogens is 671 g/mol. The fourth-order valence-electron chi connectivity index (χ4n) is 3.74. The average molecular weight is 687 g/mol. The summed E-state index contributed by atoms with van der Waals surface area (Å²) in [7, 11) is -15.5. The molecule has 4 aromatic carbocycles. The van der Waals surface area contributed by atoms with E-state index in [1.54, 1.807) is 0 Å². The molecule has 21 heteroatoms. The Morgan fingerprint density at radius 3 is 1.70 bits per heavy atom. The highest BCUT2D eigenvalue weighted by Gasteiger charge is 2.29. The summed E-state index contributed by atoms with van der Waals surface area (Å²) in [4.78, 5) is 28.0. The van der Waals surface area contributed by atoms with Gasteiger partial charge in [0.05, 0.1) is 21.9 Å². The summed E-state index contributed by atoms with van der Waals surface area (Å²) in [6, 6.07) is 8.80. The van der Waals surface area contributed by atoms with Gasteiger partial charge in [0.25, 0.3) is 20.2 Å². The Kier molecular flexibility index (Phi) is 8.62. The molecule has 0 aliphatic carbocycles. The van der Waals surface area contributed by atoms with Crippen LogP contribution in [0, 0.1) is 0 Å². The van der Waals surface area contributed by atoms with Gasteiger partial charge in [-0.15, -0.1) is 15.3 Å². The third-order valence-corrected chi connectivity index (χ3v) is 8.65. The van der Waals surface area contributed by atoms with Crippen LogP contribution in [-0.2, 0) is 24.8 Å². The van der Waals surface area contributed by atoms with Crippen molar-refractivity contribution in [1.29, 1.82) is 0 Å². The van der Waals surface area contributed by atoms with Crippen LogP contribution in [0.5, 0.6) is 11.5 Å². The number of rotatable bonds is 8. The number of aromatic hydroxyl groups is 2. The van der Waals surface area contributed by atoms with Crippen molar-refractivity contribution < 1.29 is 60.4 Å². The minimum Gasteiger partial charge on any atom is -0.505 e. The number of carbonyl (C=O) groups is 1. The van der Waals surface area contributed by atoms with Crippen LogP contribution in [-0.4, -0.2) is 57.0 Å². The first kappa shape index (κ1) is 32.6. The maximum absolute atomic E-state index is 12.2. The van der Waals surface area contributed by atoms with Gasteiger partial charge in [-0.2, -0.15) is 21.9 Å². The minimum atomic E-state index is -5.29. The van der Waals surface area contributed by atoms with Crippen molar-refractivity contribution in [3.05, 3.63) is 65.2 Å². The van der Waals surface area contributed by atoms with E-state index >= 15 is 0 Å². The van der Waals surface area contributed by atoms with Crippen LogP contribution in [0.25, 0.3) is 10.8 Å². The SMILES string of the molecule is O=C(O)c1ccc(N=Nc2c(S(=O)(=O)O)cc3cc(S(=O)(=O)O)c(N=Nc4ccc(Cl)cc4P(=O)(O)O)c(O)c3c2O)cc1. The van der Waals surface area contributed by atoms with Crippen LogP contribution in [0.3, 0.4) is 0 Å². The van der Waals surface area contributed by atoms with E-state index < -0.39 is 88.2 Å². The molecule has 7 N–H and O–H groups in total. The number of nitrogens with zero attached hydrogens (tertiary/aromatic N) is 4. The van der Waals surface area contributed by atoms with Gasteiger partial charge in [0, 0.05) is 5.02 Å². The Balaban J connectivity index is 2.01. The molecule has 17 nitrogen and oxygen atoms in total. The van der Waals surface area contributed by atoms with Crippen LogP contribution >= 0.6 is 19.2 Å². The molecule has 0 saturated carbocycles. The normalized spacial score (nSPS) is 12.8. The number of carboxylic acids is 1. The lowest BCUT2D eigenvalue weighted by atomic mass is 10.1. The summed E-state index contributed by atoms with van der Waals surface area (Å²) in [6.07, 6.45) is 0. The molecule has 0 bridgehead atoms. The number of phenols is 2. The smallest absolute Gasteiger partial charge is 0.358 e. The van der Waals surface area contributed by atoms with E-state index in [0.717, 1.165) is 30.3 Å². The van der Waals surface area contributed by atoms with Crippen molar-refractivity contribution in [2.45, 2.75) is 9.79 Å². The number of hydrogen-bond acceptors (Lipinski definition) is 12. The van der Waals surface area contributed by atoms with E-state index in [0.29, 0.717) is 12.1 Å². The fourth-order valence-corrected chi connectivity index (χ4v) is 6.03. The molecule has 0 unspecified atom stereocenters. The molecule has 0 aromatic heterocycles. The number of azo groups is 2. The largest absolute Gasteiger partial charge is 0.505 e. The van der Waals surface area contributed by atoms with Crippen molar-refractivity contribution in [3.63, 3.8) is 0 Å². The predicted molar refractivity (Wildman–Crippen MR) is 152 cm³/mol. The van der Waals surface area contributed by atoms with Gasteiger partial charge < -0.3 is 25.1 Å². The molecule has 44 heavy (non-hydrogen) atoms. The molecule has 0 radical (unpaired) electrons. The van der Waals surface area contributed by atoms with Crippen molar-refractivity contribution >= 4 is 84.2 Å². The lowest BCUT2D eigenvalue weighted by molar-refractivity contribution is 0.0696. The van der Waals surface area contributed by atoms with Gasteiger partial charge in [0.15, 0.2) is 11.5 Å². The second kappa shape index (κ2) is 11.6. The second-order valence-corrected chi connectivity index (χ2v) is 13.4. The Morgan fingerprint density at radius 2 is 1.25 bits per heavy atom. The van der Waals surface area contributed by atoms with E-state index in [-0.39, 0.29) is 16.3 Å². The monoisotopic (exact) mass is 686 g/mol. The summed E-state index contributed by atoms with van der Waals surface area (Å²) in [6.45, 7) is 0. The molecule has 0 heterocycles. The minimum absolute atomic E-state index is 0.0416. The maximum Gasteiger partial charge on any atom is 0.358 e. The first-order valence-electron chi connectivity index (χ1n) is 11.3. The zero-order valence-corrected chi connectivity index (χ0v) is 24.5. The summed E-state index contributed by atoms with van der Waals surface area (Å²) in [5.74, 6) is -3.66. The number of benzene rings is 4. The highest BCUT2D eigenvalue weighted by molar-refractivity contribution is 7.86. The van der Waals surface area contributed by atoms with Crippen LogP contribution in [0.2, 0.25) is 5.02 Å². The van der Waals surface area contributed by atoms with E-state index in [1.165, 1.54) is 12.1 Å². The third-order valence-electron chi connectivity index (χ3n) is 5.70. The molecule has 0 saturated heterocycles. The Bertz CT molecular complexity index is 2180. The summed E-state index contributed by atoms with van der Waals surface area (Å²) >= 11 is 5.78. The van der Waals surface area contributed by atoms with Gasteiger partial charge in [-0.1, -0.05) is 11.6 Å². The van der Waals surface area contributed by atoms with Gasteiger partial charge in [-0.3, -0.25) is 13.7 Å². The Labute approximate surface area is 251 Å². The number of aromatic carboxylic acids is 1. The van der Waals surface area contributed by atoms with E-state index in [2.05, 4.69) is 20.5 Å². The number of carboxylic acid groups (broad SMARTS) is 1. The van der Waals surface area contributed by atoms with Gasteiger partial charge in [0.2, 0.25) is 0 Å². The van der Waals surface area contributed by atoms with E-state index in [4.69, 9.17) is 16.7 Å². The lowest BCUT2D eigenvalue weighted by Crippen LogP contribution is -2.04. The third kappa shape index (κ3) is 6.74. The molecule has 0 fully saturated rings. The molecule has 230 valence electrons. The van der Waals surface area contributed by atoms with Gasteiger partial charge in [-0.25, -0.2) is 4.79 Å². The van der Waals surface area contributed by atoms with Crippen molar-refractivity contribution in [2.75, 3.05) is 0 Å². The molecule has 0 amide bonds. The lowest BCUT2D eigenvalue weighted by Gasteiger charge is -2.13. The zero-order valence-electron chi connectivity index (χ0n) is 21.2. The van der Waals surface area contributed by atoms with Gasteiger partial charge in [-0.05, 0) is 60.0 Å². The molecule has 0 atom stereocenters. The van der Waals surface area contributed by atoms with Gasteiger partial charge >= 0.3 is 13.6 Å². The molecule has 4 aromatic rings. The highest BCUT2D eigenvalue weighted by atomic mass is 35.5. The zero-order chi connectivity index (χ0) is 32.8. The number of halogens is 1. The van der Waals surface area contributed by atoms with Crippen LogP contribution in [0.1, 0.15) is 10.4 Å². The number of phenolic OH excluding ortho intramolecular Hbond substituents is 2. The molecule has 4 rings (SSSR count). The molecule has 0 aliphatic rings. The maximum atomic E-state index is 12.2. The second-order valence-electron chi connectivity index (χ2n) is 8.62. The van der Waals surface area contributed by atoms with Crippen molar-refractivity contribution in [2.24, 2.45) is 20.5 Å². The number of fused-ring (bicyclic) bond motifs is 1. The molecular formula is C23H16ClN4O13PS2. The van der Waals surface area contributed by atoms with Crippen molar-refractivity contribution in [1.82, 2.24) is 0 Å². The van der Waals surface area contributed by atoms with Gasteiger partial charge in [0.1, 0.15) is 26.9 Å². The standard InChI is InChI=1S/C23H16ClN4O13PS2/c24-12-3-6-14(15(9-12)42(33,34)35)26-28-20-17(44(39,40)41)8-11-7-16(43(36,37)38)19(21(29)18(11)22(20)30)27-25-13-4-1-10(2-5-13)23(31)32/h1-9,29-30H,(H,31,32)(H2,33,34,35)(H,36,37,38)(H,39,40,41). The Hall–Kier alpha value is -4.33. The highest BCUT2D eigenvalue weighted by Crippen LogP contribution is 2.50. The Morgan fingerprint density at radius 1 is 0.750 bits per heavy atom. The van der Waals surface area contributed by atoms with Crippen LogP contribution in [0.4, 0.5) is 22.7 Å².